The number of aryl methyl sites for hydroxylation is 1. The lowest BCUT2D eigenvalue weighted by atomic mass is 9.96. The fourth-order valence-electron chi connectivity index (χ4n) is 4.04. The molecule has 1 atom stereocenters. The minimum atomic E-state index is -0.307. The van der Waals surface area contributed by atoms with Gasteiger partial charge in [-0.05, 0) is 61.7 Å². The van der Waals surface area contributed by atoms with E-state index in [0.29, 0.717) is 17.8 Å². The number of likely N-dealkylation sites (tertiary alicyclic amines) is 1. The van der Waals surface area contributed by atoms with E-state index < -0.39 is 0 Å². The molecular formula is C25H26F2N4O. The Morgan fingerprint density at radius 1 is 1.06 bits per heavy atom. The standard InChI is InChI=1S/C25H26F2N4O/c1-17-23(25(32)29-13-18-4-8-21(26)9-5-18)14-28-24(30-17)20-3-2-12-31(16-20)15-19-6-10-22(27)11-7-19/h4-11,14,20H,2-3,12-13,15-16H2,1H3,(H,29,32). The summed E-state index contributed by atoms with van der Waals surface area (Å²) in [5.41, 5.74) is 2.98. The SMILES string of the molecule is Cc1nc(C2CCCN(Cc3ccc(F)cc3)C2)ncc1C(=O)NCc1ccc(F)cc1. The highest BCUT2D eigenvalue weighted by Gasteiger charge is 2.24. The summed E-state index contributed by atoms with van der Waals surface area (Å²) >= 11 is 0. The summed E-state index contributed by atoms with van der Waals surface area (Å²) in [5, 5.41) is 2.84. The van der Waals surface area contributed by atoms with Gasteiger partial charge < -0.3 is 5.32 Å². The molecule has 0 aliphatic carbocycles. The zero-order chi connectivity index (χ0) is 22.5. The van der Waals surface area contributed by atoms with Crippen LogP contribution in [0.25, 0.3) is 0 Å². The molecule has 166 valence electrons. The van der Waals surface area contributed by atoms with Crippen LogP contribution in [0.2, 0.25) is 0 Å². The smallest absolute Gasteiger partial charge is 0.254 e. The third kappa shape index (κ3) is 5.53. The maximum atomic E-state index is 13.2. The predicted octanol–water partition coefficient (Wildman–Crippen LogP) is 4.37. The van der Waals surface area contributed by atoms with Gasteiger partial charge in [-0.25, -0.2) is 18.7 Å². The van der Waals surface area contributed by atoms with Crippen LogP contribution in [0, 0.1) is 18.6 Å². The number of hydrogen-bond acceptors (Lipinski definition) is 4. The fourth-order valence-corrected chi connectivity index (χ4v) is 4.04. The van der Waals surface area contributed by atoms with Crippen LogP contribution in [0.15, 0.2) is 54.7 Å². The van der Waals surface area contributed by atoms with E-state index in [-0.39, 0.29) is 23.5 Å². The van der Waals surface area contributed by atoms with Crippen molar-refractivity contribution < 1.29 is 13.6 Å². The minimum Gasteiger partial charge on any atom is -0.348 e. The van der Waals surface area contributed by atoms with Gasteiger partial charge in [-0.1, -0.05) is 24.3 Å². The maximum absolute atomic E-state index is 13.2. The fraction of sp³-hybridized carbons (Fsp3) is 0.320. The topological polar surface area (TPSA) is 58.1 Å². The van der Waals surface area contributed by atoms with Crippen LogP contribution in [0.4, 0.5) is 8.78 Å². The highest BCUT2D eigenvalue weighted by Crippen LogP contribution is 2.26. The van der Waals surface area contributed by atoms with Crippen molar-refractivity contribution in [3.8, 4) is 0 Å². The average Bonchev–Trinajstić information content (AvgIpc) is 2.80. The highest BCUT2D eigenvalue weighted by molar-refractivity contribution is 5.94. The Labute approximate surface area is 186 Å². The predicted molar refractivity (Wildman–Crippen MR) is 118 cm³/mol. The molecule has 3 aromatic rings. The van der Waals surface area contributed by atoms with Gasteiger partial charge in [-0.3, -0.25) is 9.69 Å². The summed E-state index contributed by atoms with van der Waals surface area (Å²) in [6, 6.07) is 12.6. The van der Waals surface area contributed by atoms with E-state index in [4.69, 9.17) is 0 Å². The van der Waals surface area contributed by atoms with Gasteiger partial charge in [0.05, 0.1) is 11.3 Å². The average molecular weight is 437 g/mol. The summed E-state index contributed by atoms with van der Waals surface area (Å²) in [6.45, 7) is 4.70. The van der Waals surface area contributed by atoms with Crippen LogP contribution in [0.3, 0.4) is 0 Å². The zero-order valence-corrected chi connectivity index (χ0v) is 18.0. The number of piperidine rings is 1. The van der Waals surface area contributed by atoms with E-state index in [1.807, 2.05) is 19.1 Å². The first-order valence-corrected chi connectivity index (χ1v) is 10.8. The lowest BCUT2D eigenvalue weighted by molar-refractivity contribution is 0.0949. The van der Waals surface area contributed by atoms with Crippen molar-refractivity contribution in [3.63, 3.8) is 0 Å². The van der Waals surface area contributed by atoms with Crippen molar-refractivity contribution in [3.05, 3.63) is 94.6 Å². The van der Waals surface area contributed by atoms with E-state index in [1.54, 1.807) is 18.3 Å². The quantitative estimate of drug-likeness (QED) is 0.623. The first kappa shape index (κ1) is 22.0. The Kier molecular flexibility index (Phi) is 6.85. The van der Waals surface area contributed by atoms with Crippen molar-refractivity contribution in [1.29, 1.82) is 0 Å². The molecule has 5 nitrogen and oxygen atoms in total. The highest BCUT2D eigenvalue weighted by atomic mass is 19.1. The number of aromatic nitrogens is 2. The molecule has 4 rings (SSSR count). The van der Waals surface area contributed by atoms with Crippen LogP contribution in [0.1, 0.15) is 51.8 Å². The second kappa shape index (κ2) is 9.96. The third-order valence-electron chi connectivity index (χ3n) is 5.80. The van der Waals surface area contributed by atoms with Crippen LogP contribution < -0.4 is 5.32 Å². The molecule has 1 N–H and O–H groups in total. The molecular weight excluding hydrogens is 410 g/mol. The summed E-state index contributed by atoms with van der Waals surface area (Å²) < 4.78 is 26.2. The number of halogens is 2. The Morgan fingerprint density at radius 3 is 2.38 bits per heavy atom. The van der Waals surface area contributed by atoms with Crippen LogP contribution in [0.5, 0.6) is 0 Å². The zero-order valence-electron chi connectivity index (χ0n) is 18.0. The first-order valence-electron chi connectivity index (χ1n) is 10.8. The van der Waals surface area contributed by atoms with E-state index >= 15 is 0 Å². The van der Waals surface area contributed by atoms with Gasteiger partial charge in [0.25, 0.3) is 5.91 Å². The number of nitrogens with zero attached hydrogens (tertiary/aromatic N) is 3. The largest absolute Gasteiger partial charge is 0.348 e. The molecule has 7 heteroatoms. The molecule has 0 radical (unpaired) electrons. The first-order chi connectivity index (χ1) is 15.5. The maximum Gasteiger partial charge on any atom is 0.254 e. The van der Waals surface area contributed by atoms with Gasteiger partial charge in [0.15, 0.2) is 0 Å². The Balaban J connectivity index is 1.37. The van der Waals surface area contributed by atoms with Gasteiger partial charge >= 0.3 is 0 Å². The van der Waals surface area contributed by atoms with E-state index in [9.17, 15) is 13.6 Å². The molecule has 0 spiro atoms. The molecule has 1 aliphatic heterocycles. The number of carbonyl (C=O) groups excluding carboxylic acids is 1. The molecule has 1 aromatic heterocycles. The summed E-state index contributed by atoms with van der Waals surface area (Å²) in [6.07, 6.45) is 3.63. The number of hydrogen-bond donors (Lipinski definition) is 1. The van der Waals surface area contributed by atoms with Crippen LogP contribution in [-0.4, -0.2) is 33.9 Å². The van der Waals surface area contributed by atoms with Gasteiger partial charge in [0, 0.05) is 31.7 Å². The molecule has 2 aromatic carbocycles. The Morgan fingerprint density at radius 2 is 1.72 bits per heavy atom. The number of carbonyl (C=O) groups is 1. The minimum absolute atomic E-state index is 0.194. The van der Waals surface area contributed by atoms with Gasteiger partial charge in [0.1, 0.15) is 17.5 Å². The molecule has 0 saturated carbocycles. The van der Waals surface area contributed by atoms with Crippen LogP contribution >= 0.6 is 0 Å². The van der Waals surface area contributed by atoms with Crippen molar-refractivity contribution >= 4 is 5.91 Å². The van der Waals surface area contributed by atoms with Crippen molar-refractivity contribution in [2.24, 2.45) is 0 Å². The van der Waals surface area contributed by atoms with E-state index in [0.717, 1.165) is 49.4 Å². The second-order valence-corrected chi connectivity index (χ2v) is 8.24. The molecule has 1 unspecified atom stereocenters. The normalized spacial score (nSPS) is 16.7. The summed E-state index contributed by atoms with van der Waals surface area (Å²) in [5.74, 6) is 0.162. The molecule has 1 fully saturated rings. The second-order valence-electron chi connectivity index (χ2n) is 8.24. The number of nitrogens with one attached hydrogen (secondary N) is 1. The Hall–Kier alpha value is -3.19. The number of benzene rings is 2. The van der Waals surface area contributed by atoms with Crippen molar-refractivity contribution in [2.45, 2.75) is 38.8 Å². The van der Waals surface area contributed by atoms with Crippen LogP contribution in [-0.2, 0) is 13.1 Å². The van der Waals surface area contributed by atoms with Gasteiger partial charge in [-0.15, -0.1) is 0 Å². The number of amides is 1. The van der Waals surface area contributed by atoms with E-state index in [2.05, 4.69) is 20.2 Å². The third-order valence-corrected chi connectivity index (χ3v) is 5.80. The lowest BCUT2D eigenvalue weighted by Gasteiger charge is -2.32. The van der Waals surface area contributed by atoms with Crippen molar-refractivity contribution in [1.82, 2.24) is 20.2 Å². The molecule has 32 heavy (non-hydrogen) atoms. The van der Waals surface area contributed by atoms with Gasteiger partial charge in [0.2, 0.25) is 0 Å². The van der Waals surface area contributed by atoms with Crippen molar-refractivity contribution in [2.75, 3.05) is 13.1 Å². The molecule has 1 saturated heterocycles. The summed E-state index contributed by atoms with van der Waals surface area (Å²) in [7, 11) is 0. The molecule has 1 aliphatic rings. The van der Waals surface area contributed by atoms with Gasteiger partial charge in [-0.2, -0.15) is 0 Å². The van der Waals surface area contributed by atoms with E-state index in [1.165, 1.54) is 24.3 Å². The number of rotatable bonds is 6. The summed E-state index contributed by atoms with van der Waals surface area (Å²) in [4.78, 5) is 24.1. The Bertz CT molecular complexity index is 1070. The molecule has 0 bridgehead atoms. The molecule has 1 amide bonds. The monoisotopic (exact) mass is 436 g/mol. The molecule has 2 heterocycles. The lowest BCUT2D eigenvalue weighted by Crippen LogP contribution is -2.34.